The van der Waals surface area contributed by atoms with Crippen LogP contribution < -0.4 is 20.6 Å². The number of benzene rings is 2. The average Bonchev–Trinajstić information content (AvgIpc) is 2.59. The van der Waals surface area contributed by atoms with Crippen LogP contribution in [0, 0.1) is 0 Å². The second kappa shape index (κ2) is 8.35. The van der Waals surface area contributed by atoms with Crippen molar-refractivity contribution in [2.75, 3.05) is 19.5 Å². The molecule has 2 rings (SSSR count). The second-order valence-electron chi connectivity index (χ2n) is 4.94. The van der Waals surface area contributed by atoms with Crippen LogP contribution in [0.5, 0.6) is 11.5 Å². The lowest BCUT2D eigenvalue weighted by atomic mass is 10.1. The number of nitrogens with two attached hydrogens (primary N) is 1. The van der Waals surface area contributed by atoms with Gasteiger partial charge in [0.15, 0.2) is 18.1 Å². The molecule has 6 nitrogen and oxygen atoms in total. The molecule has 2 aromatic carbocycles. The lowest BCUT2D eigenvalue weighted by molar-refractivity contribution is -0.123. The van der Waals surface area contributed by atoms with Gasteiger partial charge in [0, 0.05) is 10.2 Å². The van der Waals surface area contributed by atoms with Crippen LogP contribution in [0.25, 0.3) is 0 Å². The van der Waals surface area contributed by atoms with E-state index in [9.17, 15) is 4.79 Å². The van der Waals surface area contributed by atoms with Gasteiger partial charge in [-0.3, -0.25) is 4.79 Å². The van der Waals surface area contributed by atoms with Crippen molar-refractivity contribution in [1.29, 1.82) is 0 Å². The van der Waals surface area contributed by atoms with E-state index in [1.807, 2.05) is 12.1 Å². The van der Waals surface area contributed by atoms with Gasteiger partial charge < -0.3 is 15.2 Å². The fourth-order valence-electron chi connectivity index (χ4n) is 1.87. The number of rotatable bonds is 6. The van der Waals surface area contributed by atoms with Gasteiger partial charge in [-0.15, -0.1) is 0 Å². The van der Waals surface area contributed by atoms with Crippen LogP contribution in [0.3, 0.4) is 0 Å². The summed E-state index contributed by atoms with van der Waals surface area (Å²) >= 11 is 3.34. The zero-order valence-electron chi connectivity index (χ0n) is 13.4. The molecule has 0 atom stereocenters. The monoisotopic (exact) mass is 391 g/mol. The van der Waals surface area contributed by atoms with E-state index in [-0.39, 0.29) is 12.5 Å². The molecule has 0 heterocycles. The summed E-state index contributed by atoms with van der Waals surface area (Å²) in [5, 5.41) is 4.05. The second-order valence-corrected chi connectivity index (χ2v) is 5.85. The van der Waals surface area contributed by atoms with E-state index in [1.165, 1.54) is 7.11 Å². The summed E-state index contributed by atoms with van der Waals surface area (Å²) in [6.07, 6.45) is 0. The fraction of sp³-hybridized carbons (Fsp3) is 0.176. The lowest BCUT2D eigenvalue weighted by Crippen LogP contribution is -2.25. The summed E-state index contributed by atoms with van der Waals surface area (Å²) in [4.78, 5) is 11.9. The summed E-state index contributed by atoms with van der Waals surface area (Å²) in [5.74, 6) is 0.656. The van der Waals surface area contributed by atoms with Crippen molar-refractivity contribution in [3.63, 3.8) is 0 Å². The van der Waals surface area contributed by atoms with E-state index in [0.717, 1.165) is 10.0 Å². The summed E-state index contributed by atoms with van der Waals surface area (Å²) in [6, 6.07) is 12.5. The van der Waals surface area contributed by atoms with Gasteiger partial charge in [0.2, 0.25) is 0 Å². The van der Waals surface area contributed by atoms with Crippen molar-refractivity contribution in [3.05, 3.63) is 52.5 Å². The standard InChI is InChI=1S/C17H18BrN3O3/c1-11(12-3-6-14(19)7-4-12)20-21-17(22)10-24-15-8-5-13(18)9-16(15)23-2/h3-9H,10,19H2,1-2H3,(H,21,22). The molecule has 0 bridgehead atoms. The zero-order valence-corrected chi connectivity index (χ0v) is 15.0. The van der Waals surface area contributed by atoms with Crippen LogP contribution in [0.2, 0.25) is 0 Å². The molecule has 0 aromatic heterocycles. The Morgan fingerprint density at radius 2 is 1.92 bits per heavy atom. The molecular weight excluding hydrogens is 374 g/mol. The van der Waals surface area contributed by atoms with Crippen molar-refractivity contribution in [1.82, 2.24) is 5.43 Å². The Kier molecular flexibility index (Phi) is 6.20. The Morgan fingerprint density at radius 3 is 2.58 bits per heavy atom. The Bertz CT molecular complexity index is 745. The number of nitrogens with one attached hydrogen (secondary N) is 1. The largest absolute Gasteiger partial charge is 0.493 e. The SMILES string of the molecule is COc1cc(Br)ccc1OCC(=O)NN=C(C)c1ccc(N)cc1. The third-order valence-corrected chi connectivity index (χ3v) is 3.65. The summed E-state index contributed by atoms with van der Waals surface area (Å²) in [7, 11) is 1.54. The normalized spacial score (nSPS) is 11.0. The maximum absolute atomic E-state index is 11.9. The average molecular weight is 392 g/mol. The number of hydrogen-bond donors (Lipinski definition) is 2. The number of hydrogen-bond acceptors (Lipinski definition) is 5. The molecule has 0 spiro atoms. The molecule has 126 valence electrons. The molecule has 1 amide bonds. The Hall–Kier alpha value is -2.54. The van der Waals surface area contributed by atoms with Crippen molar-refractivity contribution >= 4 is 33.2 Å². The maximum atomic E-state index is 11.9. The summed E-state index contributed by atoms with van der Waals surface area (Å²) in [5.41, 5.74) is 10.3. The molecule has 7 heteroatoms. The Morgan fingerprint density at radius 1 is 1.21 bits per heavy atom. The van der Waals surface area contributed by atoms with Crippen molar-refractivity contribution < 1.29 is 14.3 Å². The molecule has 0 aliphatic carbocycles. The van der Waals surface area contributed by atoms with E-state index >= 15 is 0 Å². The number of ether oxygens (including phenoxy) is 2. The van der Waals surface area contributed by atoms with Crippen LogP contribution in [0.15, 0.2) is 52.0 Å². The molecule has 0 saturated carbocycles. The number of carbonyl (C=O) groups is 1. The van der Waals surface area contributed by atoms with Gasteiger partial charge in [-0.2, -0.15) is 5.10 Å². The molecule has 0 radical (unpaired) electrons. The minimum Gasteiger partial charge on any atom is -0.493 e. The predicted molar refractivity (Wildman–Crippen MR) is 97.4 cm³/mol. The summed E-state index contributed by atoms with van der Waals surface area (Å²) in [6.45, 7) is 1.63. The number of anilines is 1. The number of amides is 1. The van der Waals surface area contributed by atoms with Crippen LogP contribution in [0.4, 0.5) is 5.69 Å². The number of carbonyl (C=O) groups excluding carboxylic acids is 1. The molecule has 24 heavy (non-hydrogen) atoms. The van der Waals surface area contributed by atoms with Gasteiger partial charge in [0.1, 0.15) is 0 Å². The van der Waals surface area contributed by atoms with Crippen LogP contribution in [-0.2, 0) is 4.79 Å². The maximum Gasteiger partial charge on any atom is 0.277 e. The highest BCUT2D eigenvalue weighted by Gasteiger charge is 2.08. The number of halogens is 1. The minimum absolute atomic E-state index is 0.170. The molecule has 0 unspecified atom stereocenters. The molecule has 3 N–H and O–H groups in total. The molecule has 0 fully saturated rings. The van der Waals surface area contributed by atoms with Crippen molar-refractivity contribution in [3.8, 4) is 11.5 Å². The van der Waals surface area contributed by atoms with Crippen LogP contribution >= 0.6 is 15.9 Å². The van der Waals surface area contributed by atoms with E-state index in [1.54, 1.807) is 37.3 Å². The third-order valence-electron chi connectivity index (χ3n) is 3.16. The van der Waals surface area contributed by atoms with Gasteiger partial charge in [-0.05, 0) is 42.8 Å². The number of nitrogen functional groups attached to an aromatic ring is 1. The van der Waals surface area contributed by atoms with E-state index in [2.05, 4.69) is 26.5 Å². The first-order valence-electron chi connectivity index (χ1n) is 7.15. The fourth-order valence-corrected chi connectivity index (χ4v) is 2.21. The Labute approximate surface area is 148 Å². The topological polar surface area (TPSA) is 85.9 Å². The highest BCUT2D eigenvalue weighted by atomic mass is 79.9. The molecule has 0 saturated heterocycles. The molecule has 0 aliphatic rings. The van der Waals surface area contributed by atoms with Gasteiger partial charge in [0.25, 0.3) is 5.91 Å². The zero-order chi connectivity index (χ0) is 17.5. The third kappa shape index (κ3) is 4.99. The van der Waals surface area contributed by atoms with Gasteiger partial charge in [-0.25, -0.2) is 5.43 Å². The predicted octanol–water partition coefficient (Wildman–Crippen LogP) is 2.96. The van der Waals surface area contributed by atoms with Gasteiger partial charge in [-0.1, -0.05) is 28.1 Å². The first-order valence-corrected chi connectivity index (χ1v) is 7.94. The number of hydrazone groups is 1. The first-order chi connectivity index (χ1) is 11.5. The minimum atomic E-state index is -0.366. The van der Waals surface area contributed by atoms with E-state index < -0.39 is 0 Å². The van der Waals surface area contributed by atoms with Gasteiger partial charge >= 0.3 is 0 Å². The van der Waals surface area contributed by atoms with Crippen molar-refractivity contribution in [2.24, 2.45) is 5.10 Å². The Balaban J connectivity index is 1.91. The summed E-state index contributed by atoms with van der Waals surface area (Å²) < 4.78 is 11.5. The number of nitrogens with zero attached hydrogens (tertiary/aromatic N) is 1. The highest BCUT2D eigenvalue weighted by Crippen LogP contribution is 2.29. The van der Waals surface area contributed by atoms with E-state index in [4.69, 9.17) is 15.2 Å². The molecule has 2 aromatic rings. The highest BCUT2D eigenvalue weighted by molar-refractivity contribution is 9.10. The smallest absolute Gasteiger partial charge is 0.277 e. The van der Waals surface area contributed by atoms with Crippen molar-refractivity contribution in [2.45, 2.75) is 6.92 Å². The quantitative estimate of drug-likeness (QED) is 0.450. The van der Waals surface area contributed by atoms with Crippen LogP contribution in [0.1, 0.15) is 12.5 Å². The van der Waals surface area contributed by atoms with E-state index in [0.29, 0.717) is 22.9 Å². The molecule has 0 aliphatic heterocycles. The van der Waals surface area contributed by atoms with Gasteiger partial charge in [0.05, 0.1) is 12.8 Å². The molecular formula is C17H18BrN3O3. The van der Waals surface area contributed by atoms with Crippen LogP contribution in [-0.4, -0.2) is 25.3 Å². The lowest BCUT2D eigenvalue weighted by Gasteiger charge is -2.10. The first kappa shape index (κ1) is 17.8. The number of methoxy groups -OCH3 is 1.